The largest absolute Gasteiger partial charge is 0.489 e. The molecule has 198 valence electrons. The maximum Gasteiger partial charge on any atom is 0.354 e. The molecule has 0 unspecified atom stereocenters. The van der Waals surface area contributed by atoms with Gasteiger partial charge in [-0.25, -0.2) is 9.59 Å². The Morgan fingerprint density at radius 3 is 2.26 bits per heavy atom. The van der Waals surface area contributed by atoms with Gasteiger partial charge in [0.25, 0.3) is 0 Å². The predicted molar refractivity (Wildman–Crippen MR) is 147 cm³/mol. The lowest BCUT2D eigenvalue weighted by atomic mass is 10.1. The minimum absolute atomic E-state index is 0.234. The predicted octanol–water partition coefficient (Wildman–Crippen LogP) is 5.46. The Balaban J connectivity index is 1.38. The molecule has 0 aliphatic rings. The minimum atomic E-state index is -0.418. The number of quaternary nitrogens is 1. The van der Waals surface area contributed by atoms with Gasteiger partial charge in [-0.05, 0) is 48.4 Å². The van der Waals surface area contributed by atoms with Gasteiger partial charge in [-0.3, -0.25) is 0 Å². The molecule has 7 nitrogen and oxygen atoms in total. The highest BCUT2D eigenvalue weighted by atomic mass is 16.5. The van der Waals surface area contributed by atoms with Crippen molar-refractivity contribution in [2.75, 3.05) is 34.9 Å². The third-order valence-electron chi connectivity index (χ3n) is 6.12. The standard InChI is InChI=1S/C31H35N2O5/c1-33(2,3)21-23-11-13-25(14-12-23)30(34)37-18-8-17-32-28-16-15-27(38-22-24-9-6-5-7-10-24)19-26(28)20-29(32)31(35)36-4/h5-7,9-16,19-20H,8,17-18,21-22H2,1-4H3/q+1. The number of fused-ring (bicyclic) bond motifs is 1. The van der Waals surface area contributed by atoms with Crippen molar-refractivity contribution in [1.29, 1.82) is 0 Å². The van der Waals surface area contributed by atoms with E-state index in [1.807, 2.05) is 65.2 Å². The van der Waals surface area contributed by atoms with Crippen molar-refractivity contribution in [1.82, 2.24) is 4.57 Å². The van der Waals surface area contributed by atoms with Crippen LogP contribution in [0.3, 0.4) is 0 Å². The summed E-state index contributed by atoms with van der Waals surface area (Å²) in [7, 11) is 7.74. The zero-order valence-corrected chi connectivity index (χ0v) is 22.5. The summed E-state index contributed by atoms with van der Waals surface area (Å²) in [4.78, 5) is 25.0. The summed E-state index contributed by atoms with van der Waals surface area (Å²) in [6.07, 6.45) is 0.547. The van der Waals surface area contributed by atoms with Crippen LogP contribution in [0.2, 0.25) is 0 Å². The van der Waals surface area contributed by atoms with E-state index in [9.17, 15) is 9.59 Å². The lowest BCUT2D eigenvalue weighted by Gasteiger charge is -2.23. The smallest absolute Gasteiger partial charge is 0.354 e. The van der Waals surface area contributed by atoms with Crippen molar-refractivity contribution < 1.29 is 28.3 Å². The molecule has 0 radical (unpaired) electrons. The topological polar surface area (TPSA) is 66.8 Å². The van der Waals surface area contributed by atoms with E-state index in [1.165, 1.54) is 7.11 Å². The molecular weight excluding hydrogens is 480 g/mol. The second-order valence-electron chi connectivity index (χ2n) is 10.3. The third-order valence-corrected chi connectivity index (χ3v) is 6.12. The number of hydrogen-bond donors (Lipinski definition) is 0. The molecule has 0 amide bonds. The molecule has 7 heteroatoms. The Labute approximate surface area is 223 Å². The van der Waals surface area contributed by atoms with Crippen LogP contribution in [0.5, 0.6) is 5.75 Å². The van der Waals surface area contributed by atoms with E-state index in [-0.39, 0.29) is 12.6 Å². The molecule has 0 fully saturated rings. The zero-order chi connectivity index (χ0) is 27.1. The number of nitrogens with zero attached hydrogens (tertiary/aromatic N) is 2. The number of ether oxygens (including phenoxy) is 3. The van der Waals surface area contributed by atoms with Gasteiger partial charge >= 0.3 is 11.9 Å². The molecule has 4 aromatic rings. The van der Waals surface area contributed by atoms with E-state index >= 15 is 0 Å². The van der Waals surface area contributed by atoms with Crippen LogP contribution in [0.1, 0.15) is 38.4 Å². The lowest BCUT2D eigenvalue weighted by Crippen LogP contribution is -2.33. The van der Waals surface area contributed by atoms with Crippen LogP contribution in [0, 0.1) is 0 Å². The molecule has 0 atom stereocenters. The van der Waals surface area contributed by atoms with Crippen molar-refractivity contribution >= 4 is 22.8 Å². The highest BCUT2D eigenvalue weighted by Gasteiger charge is 2.17. The molecule has 0 aliphatic heterocycles. The van der Waals surface area contributed by atoms with E-state index in [0.717, 1.165) is 38.8 Å². The Kier molecular flexibility index (Phi) is 8.48. The Morgan fingerprint density at radius 2 is 1.58 bits per heavy atom. The maximum absolute atomic E-state index is 12.5. The highest BCUT2D eigenvalue weighted by molar-refractivity contribution is 5.96. The van der Waals surface area contributed by atoms with Crippen molar-refractivity contribution in [2.24, 2.45) is 0 Å². The summed E-state index contributed by atoms with van der Waals surface area (Å²) >= 11 is 0. The van der Waals surface area contributed by atoms with Gasteiger partial charge < -0.3 is 23.3 Å². The Morgan fingerprint density at radius 1 is 0.842 bits per heavy atom. The van der Waals surface area contributed by atoms with Crippen LogP contribution in [0.15, 0.2) is 78.9 Å². The fourth-order valence-electron chi connectivity index (χ4n) is 4.36. The summed E-state index contributed by atoms with van der Waals surface area (Å²) in [6.45, 7) is 2.07. The van der Waals surface area contributed by atoms with E-state index in [2.05, 4.69) is 21.1 Å². The summed E-state index contributed by atoms with van der Waals surface area (Å²) < 4.78 is 19.2. The van der Waals surface area contributed by atoms with Gasteiger partial charge in [0, 0.05) is 23.0 Å². The normalized spacial score (nSPS) is 11.4. The molecule has 38 heavy (non-hydrogen) atoms. The van der Waals surface area contributed by atoms with Gasteiger partial charge in [0.1, 0.15) is 24.6 Å². The van der Waals surface area contributed by atoms with Crippen LogP contribution in [0.25, 0.3) is 10.9 Å². The quantitative estimate of drug-likeness (QED) is 0.151. The maximum atomic E-state index is 12.5. The monoisotopic (exact) mass is 515 g/mol. The van der Waals surface area contributed by atoms with Gasteiger partial charge in [0.05, 0.1) is 40.4 Å². The number of hydrogen-bond acceptors (Lipinski definition) is 5. The van der Waals surface area contributed by atoms with Crippen molar-refractivity contribution in [3.05, 3.63) is 101 Å². The second kappa shape index (κ2) is 12.0. The number of aromatic nitrogens is 1. The zero-order valence-electron chi connectivity index (χ0n) is 22.5. The number of carbonyl (C=O) groups is 2. The first kappa shape index (κ1) is 26.9. The van der Waals surface area contributed by atoms with E-state index < -0.39 is 5.97 Å². The van der Waals surface area contributed by atoms with Gasteiger partial charge in [-0.15, -0.1) is 0 Å². The fraction of sp³-hybridized carbons (Fsp3) is 0.290. The average Bonchev–Trinajstić information content (AvgIpc) is 3.27. The summed E-state index contributed by atoms with van der Waals surface area (Å²) in [5, 5.41) is 0.877. The number of rotatable bonds is 11. The van der Waals surface area contributed by atoms with Crippen molar-refractivity contribution in [3.63, 3.8) is 0 Å². The average molecular weight is 516 g/mol. The molecule has 4 rings (SSSR count). The first-order valence-electron chi connectivity index (χ1n) is 12.7. The second-order valence-corrected chi connectivity index (χ2v) is 10.3. The Bertz CT molecular complexity index is 1390. The fourth-order valence-corrected chi connectivity index (χ4v) is 4.36. The molecule has 0 N–H and O–H groups in total. The third kappa shape index (κ3) is 7.01. The first-order valence-corrected chi connectivity index (χ1v) is 12.7. The highest BCUT2D eigenvalue weighted by Crippen LogP contribution is 2.26. The number of methoxy groups -OCH3 is 1. The van der Waals surface area contributed by atoms with E-state index in [1.54, 1.807) is 18.2 Å². The van der Waals surface area contributed by atoms with Crippen LogP contribution >= 0.6 is 0 Å². The van der Waals surface area contributed by atoms with Crippen LogP contribution in [0.4, 0.5) is 0 Å². The van der Waals surface area contributed by atoms with E-state index in [0.29, 0.717) is 30.8 Å². The van der Waals surface area contributed by atoms with E-state index in [4.69, 9.17) is 14.2 Å². The van der Waals surface area contributed by atoms with Crippen LogP contribution in [-0.2, 0) is 29.2 Å². The van der Waals surface area contributed by atoms with Gasteiger partial charge in [-0.2, -0.15) is 0 Å². The summed E-state index contributed by atoms with van der Waals surface area (Å²) in [5.41, 5.74) is 4.10. The lowest BCUT2D eigenvalue weighted by molar-refractivity contribution is -0.884. The summed E-state index contributed by atoms with van der Waals surface area (Å²) in [6, 6.07) is 25.0. The molecule has 0 bridgehead atoms. The Hall–Kier alpha value is -4.10. The van der Waals surface area contributed by atoms with Gasteiger partial charge in [-0.1, -0.05) is 42.5 Å². The SMILES string of the molecule is COC(=O)c1cc2cc(OCc3ccccc3)ccc2n1CCCOC(=O)c1ccc(C[N+](C)(C)C)cc1. The van der Waals surface area contributed by atoms with Gasteiger partial charge in [0.2, 0.25) is 0 Å². The van der Waals surface area contributed by atoms with Crippen molar-refractivity contribution in [2.45, 2.75) is 26.1 Å². The van der Waals surface area contributed by atoms with Crippen LogP contribution in [-0.4, -0.2) is 55.8 Å². The molecule has 1 aromatic heterocycles. The number of esters is 2. The molecule has 0 spiro atoms. The number of carbonyl (C=O) groups excluding carboxylic acids is 2. The molecular formula is C31H35N2O5+. The minimum Gasteiger partial charge on any atom is -0.489 e. The number of benzene rings is 3. The molecule has 1 heterocycles. The number of aryl methyl sites for hydroxylation is 1. The molecule has 0 saturated heterocycles. The summed E-state index contributed by atoms with van der Waals surface area (Å²) in [5.74, 6) is -0.0530. The van der Waals surface area contributed by atoms with Gasteiger partial charge in [0.15, 0.2) is 0 Å². The molecule has 0 saturated carbocycles. The molecule has 0 aliphatic carbocycles. The van der Waals surface area contributed by atoms with Crippen LogP contribution < -0.4 is 4.74 Å². The molecule has 3 aromatic carbocycles. The van der Waals surface area contributed by atoms with Crippen molar-refractivity contribution in [3.8, 4) is 5.75 Å². The first-order chi connectivity index (χ1) is 18.2.